The van der Waals surface area contributed by atoms with E-state index in [1.165, 1.54) is 5.56 Å². The zero-order valence-corrected chi connectivity index (χ0v) is 16.9. The lowest BCUT2D eigenvalue weighted by Gasteiger charge is -2.31. The molecule has 0 bridgehead atoms. The number of pyridine rings is 1. The maximum absolute atomic E-state index is 13.0. The third kappa shape index (κ3) is 3.86. The Morgan fingerprint density at radius 3 is 2.27 bits per heavy atom. The summed E-state index contributed by atoms with van der Waals surface area (Å²) in [5, 5.41) is 0. The zero-order valence-electron chi connectivity index (χ0n) is 16.9. The molecule has 0 saturated carbocycles. The number of carbonyl (C=O) groups excluding carboxylic acids is 1. The Hall–Kier alpha value is -3.40. The average Bonchev–Trinajstić information content (AvgIpc) is 3.24. The molecule has 1 aliphatic heterocycles. The number of amides is 1. The van der Waals surface area contributed by atoms with E-state index in [9.17, 15) is 4.79 Å². The molecule has 5 rings (SSSR count). The summed E-state index contributed by atoms with van der Waals surface area (Å²) >= 11 is 0. The summed E-state index contributed by atoms with van der Waals surface area (Å²) in [4.78, 5) is 19.6. The predicted molar refractivity (Wildman–Crippen MR) is 119 cm³/mol. The largest absolute Gasteiger partial charge is 0.337 e. The highest BCUT2D eigenvalue weighted by atomic mass is 16.2. The topological polar surface area (TPSA) is 37.6 Å². The second kappa shape index (κ2) is 8.15. The van der Waals surface area contributed by atoms with Gasteiger partial charge >= 0.3 is 0 Å². The van der Waals surface area contributed by atoms with E-state index in [1.807, 2.05) is 46.0 Å². The van der Waals surface area contributed by atoms with Gasteiger partial charge in [-0.2, -0.15) is 0 Å². The molecular weight excluding hydrogens is 370 g/mol. The lowest BCUT2D eigenvalue weighted by molar-refractivity contribution is 0.0685. The minimum absolute atomic E-state index is 0.0399. The standard InChI is InChI=1S/C26H25N3O/c30-26(28-15-13-21(14-16-28)17-20-7-3-1-4-8-20)24-19-29-18-23(11-12-25(29)27-24)22-9-5-2-6-10-22/h1-12,18-19,21H,13-17H2. The quantitative estimate of drug-likeness (QED) is 0.482. The van der Waals surface area contributed by atoms with E-state index in [-0.39, 0.29) is 5.91 Å². The third-order valence-electron chi connectivity index (χ3n) is 6.05. The van der Waals surface area contributed by atoms with Crippen molar-refractivity contribution < 1.29 is 4.79 Å². The summed E-state index contributed by atoms with van der Waals surface area (Å²) in [6.07, 6.45) is 7.10. The van der Waals surface area contributed by atoms with Crippen molar-refractivity contribution in [3.63, 3.8) is 0 Å². The van der Waals surface area contributed by atoms with Crippen LogP contribution in [-0.2, 0) is 6.42 Å². The molecule has 1 saturated heterocycles. The second-order valence-corrected chi connectivity index (χ2v) is 8.10. The van der Waals surface area contributed by atoms with E-state index in [0.717, 1.165) is 49.1 Å². The van der Waals surface area contributed by atoms with Gasteiger partial charge in [0.05, 0.1) is 0 Å². The smallest absolute Gasteiger partial charge is 0.274 e. The molecule has 3 heterocycles. The number of hydrogen-bond acceptors (Lipinski definition) is 2. The van der Waals surface area contributed by atoms with Gasteiger partial charge in [-0.05, 0) is 54.0 Å². The van der Waals surface area contributed by atoms with Crippen LogP contribution in [0.25, 0.3) is 16.8 Å². The average molecular weight is 396 g/mol. The maximum atomic E-state index is 13.0. The molecule has 30 heavy (non-hydrogen) atoms. The van der Waals surface area contributed by atoms with E-state index >= 15 is 0 Å². The molecule has 0 aliphatic carbocycles. The molecule has 150 valence electrons. The van der Waals surface area contributed by atoms with Crippen LogP contribution in [-0.4, -0.2) is 33.3 Å². The Morgan fingerprint density at radius 1 is 0.833 bits per heavy atom. The minimum atomic E-state index is 0.0399. The van der Waals surface area contributed by atoms with Crippen LogP contribution in [0.15, 0.2) is 85.2 Å². The van der Waals surface area contributed by atoms with Crippen LogP contribution in [0.4, 0.5) is 0 Å². The summed E-state index contributed by atoms with van der Waals surface area (Å²) in [6.45, 7) is 1.61. The molecule has 4 heteroatoms. The second-order valence-electron chi connectivity index (χ2n) is 8.10. The van der Waals surface area contributed by atoms with Crippen molar-refractivity contribution in [3.8, 4) is 11.1 Å². The summed E-state index contributed by atoms with van der Waals surface area (Å²) < 4.78 is 1.96. The van der Waals surface area contributed by atoms with Gasteiger partial charge in [-0.3, -0.25) is 4.79 Å². The molecule has 0 N–H and O–H groups in total. The number of rotatable bonds is 4. The minimum Gasteiger partial charge on any atom is -0.337 e. The van der Waals surface area contributed by atoms with Crippen LogP contribution in [0.5, 0.6) is 0 Å². The number of likely N-dealkylation sites (tertiary alicyclic amines) is 1. The summed E-state index contributed by atoms with van der Waals surface area (Å²) in [5.74, 6) is 0.684. The fraction of sp³-hybridized carbons (Fsp3) is 0.231. The van der Waals surface area contributed by atoms with E-state index in [2.05, 4.69) is 53.5 Å². The van der Waals surface area contributed by atoms with E-state index in [4.69, 9.17) is 0 Å². The van der Waals surface area contributed by atoms with Crippen molar-refractivity contribution >= 4 is 11.6 Å². The zero-order chi connectivity index (χ0) is 20.3. The van der Waals surface area contributed by atoms with Gasteiger partial charge in [-0.25, -0.2) is 4.98 Å². The van der Waals surface area contributed by atoms with Crippen molar-refractivity contribution in [1.29, 1.82) is 0 Å². The van der Waals surface area contributed by atoms with Crippen molar-refractivity contribution in [3.05, 3.63) is 96.4 Å². The van der Waals surface area contributed by atoms with Gasteiger partial charge in [0.15, 0.2) is 0 Å². The summed E-state index contributed by atoms with van der Waals surface area (Å²) in [6, 6.07) is 24.9. The van der Waals surface area contributed by atoms with Gasteiger partial charge < -0.3 is 9.30 Å². The van der Waals surface area contributed by atoms with Crippen LogP contribution >= 0.6 is 0 Å². The van der Waals surface area contributed by atoms with Crippen LogP contribution < -0.4 is 0 Å². The Balaban J connectivity index is 1.27. The first-order valence-electron chi connectivity index (χ1n) is 10.6. The van der Waals surface area contributed by atoms with Crippen LogP contribution in [0.1, 0.15) is 28.9 Å². The summed E-state index contributed by atoms with van der Waals surface area (Å²) in [5.41, 5.74) is 4.98. The maximum Gasteiger partial charge on any atom is 0.274 e. The molecular formula is C26H25N3O. The normalized spacial score (nSPS) is 14.9. The fourth-order valence-electron chi connectivity index (χ4n) is 4.35. The number of hydrogen-bond donors (Lipinski definition) is 0. The molecule has 4 aromatic rings. The van der Waals surface area contributed by atoms with E-state index in [1.54, 1.807) is 0 Å². The Kier molecular flexibility index (Phi) is 5.06. The lowest BCUT2D eigenvalue weighted by Crippen LogP contribution is -2.39. The van der Waals surface area contributed by atoms with Gasteiger partial charge in [0.25, 0.3) is 5.91 Å². The number of nitrogens with zero attached hydrogens (tertiary/aromatic N) is 3. The lowest BCUT2D eigenvalue weighted by atomic mass is 9.90. The first-order valence-corrected chi connectivity index (χ1v) is 10.6. The first kappa shape index (κ1) is 18.6. The number of piperidine rings is 1. The van der Waals surface area contributed by atoms with Gasteiger partial charge in [0.1, 0.15) is 11.3 Å². The van der Waals surface area contributed by atoms with E-state index < -0.39 is 0 Å². The highest BCUT2D eigenvalue weighted by Gasteiger charge is 2.25. The molecule has 0 radical (unpaired) electrons. The molecule has 0 unspecified atom stereocenters. The highest BCUT2D eigenvalue weighted by molar-refractivity contribution is 5.93. The molecule has 0 spiro atoms. The van der Waals surface area contributed by atoms with Crippen molar-refractivity contribution in [1.82, 2.24) is 14.3 Å². The van der Waals surface area contributed by atoms with Gasteiger partial charge in [0, 0.05) is 25.5 Å². The number of imidazole rings is 1. The van der Waals surface area contributed by atoms with Gasteiger partial charge in [0.2, 0.25) is 0 Å². The molecule has 2 aromatic heterocycles. The number of aromatic nitrogens is 2. The fourth-order valence-corrected chi connectivity index (χ4v) is 4.35. The number of fused-ring (bicyclic) bond motifs is 1. The molecule has 2 aromatic carbocycles. The van der Waals surface area contributed by atoms with Crippen molar-refractivity contribution in [2.75, 3.05) is 13.1 Å². The van der Waals surface area contributed by atoms with Gasteiger partial charge in [-0.15, -0.1) is 0 Å². The molecule has 1 amide bonds. The van der Waals surface area contributed by atoms with Crippen LogP contribution in [0, 0.1) is 5.92 Å². The van der Waals surface area contributed by atoms with E-state index in [0.29, 0.717) is 11.6 Å². The molecule has 1 fully saturated rings. The van der Waals surface area contributed by atoms with Crippen LogP contribution in [0.2, 0.25) is 0 Å². The molecule has 4 nitrogen and oxygen atoms in total. The first-order chi connectivity index (χ1) is 14.8. The van der Waals surface area contributed by atoms with Crippen LogP contribution in [0.3, 0.4) is 0 Å². The Labute approximate surface area is 176 Å². The SMILES string of the molecule is O=C(c1cn2cc(-c3ccccc3)ccc2n1)N1CCC(Cc2ccccc2)CC1. The van der Waals surface area contributed by atoms with Crippen molar-refractivity contribution in [2.24, 2.45) is 5.92 Å². The summed E-state index contributed by atoms with van der Waals surface area (Å²) in [7, 11) is 0. The third-order valence-corrected chi connectivity index (χ3v) is 6.05. The van der Waals surface area contributed by atoms with Crippen molar-refractivity contribution in [2.45, 2.75) is 19.3 Å². The molecule has 1 aliphatic rings. The molecule has 0 atom stereocenters. The van der Waals surface area contributed by atoms with Gasteiger partial charge in [-0.1, -0.05) is 60.7 Å². The highest BCUT2D eigenvalue weighted by Crippen LogP contribution is 2.24. The Bertz CT molecular complexity index is 1140. The Morgan fingerprint density at radius 2 is 1.53 bits per heavy atom. The number of benzene rings is 2. The monoisotopic (exact) mass is 395 g/mol. The number of carbonyl (C=O) groups is 1. The predicted octanol–water partition coefficient (Wildman–Crippen LogP) is 5.10.